The molecular formula is C11H20N2O2. The van der Waals surface area contributed by atoms with E-state index in [0.717, 1.165) is 0 Å². The minimum atomic E-state index is -0.325. The molecule has 0 spiro atoms. The molecule has 0 aliphatic rings. The Hall–Kier alpha value is -1.24. The zero-order chi connectivity index (χ0) is 11.8. The van der Waals surface area contributed by atoms with Crippen molar-refractivity contribution in [2.45, 2.75) is 40.2 Å². The summed E-state index contributed by atoms with van der Waals surface area (Å²) in [4.78, 5) is 13.2. The maximum Gasteiger partial charge on any atom is 0.410 e. The number of hydrogen-bond acceptors (Lipinski definition) is 3. The van der Waals surface area contributed by atoms with Gasteiger partial charge < -0.3 is 9.64 Å². The van der Waals surface area contributed by atoms with Crippen molar-refractivity contribution in [3.05, 3.63) is 0 Å². The quantitative estimate of drug-likeness (QED) is 0.703. The monoisotopic (exact) mass is 212 g/mol. The number of carbonyl (C=O) groups is 1. The summed E-state index contributed by atoms with van der Waals surface area (Å²) in [6.07, 6.45) is 0.0172. The average Bonchev–Trinajstić information content (AvgIpc) is 2.14. The van der Waals surface area contributed by atoms with Crippen LogP contribution >= 0.6 is 0 Å². The number of rotatable bonds is 5. The van der Waals surface area contributed by atoms with E-state index in [-0.39, 0.29) is 12.1 Å². The fourth-order valence-corrected chi connectivity index (χ4v) is 1.05. The minimum absolute atomic E-state index is 0.0676. The molecule has 0 bridgehead atoms. The molecule has 86 valence electrons. The van der Waals surface area contributed by atoms with Crippen molar-refractivity contribution in [1.82, 2.24) is 4.90 Å². The van der Waals surface area contributed by atoms with Crippen LogP contribution in [0.5, 0.6) is 0 Å². The van der Waals surface area contributed by atoms with Gasteiger partial charge in [0.2, 0.25) is 0 Å². The maximum atomic E-state index is 11.6. The molecule has 0 radical (unpaired) electrons. The molecule has 0 fully saturated rings. The van der Waals surface area contributed by atoms with Gasteiger partial charge in [0.25, 0.3) is 0 Å². The van der Waals surface area contributed by atoms with Crippen LogP contribution < -0.4 is 0 Å². The number of ether oxygens (including phenoxy) is 1. The largest absolute Gasteiger partial charge is 0.449 e. The van der Waals surface area contributed by atoms with Gasteiger partial charge in [-0.3, -0.25) is 0 Å². The molecule has 0 aromatic rings. The van der Waals surface area contributed by atoms with Gasteiger partial charge in [0.15, 0.2) is 0 Å². The summed E-state index contributed by atoms with van der Waals surface area (Å²) >= 11 is 0. The lowest BCUT2D eigenvalue weighted by molar-refractivity contribution is 0.0831. The standard InChI is InChI=1S/C11H20N2O2/c1-9(2)8-15-11(14)13(10(3)4)7-5-6-12/h9-10H,5,7-8H2,1-4H3. The third kappa shape index (κ3) is 5.95. The van der Waals surface area contributed by atoms with Crippen molar-refractivity contribution < 1.29 is 9.53 Å². The van der Waals surface area contributed by atoms with Gasteiger partial charge in [0.1, 0.15) is 0 Å². The van der Waals surface area contributed by atoms with Crippen LogP contribution in [0.3, 0.4) is 0 Å². The van der Waals surface area contributed by atoms with Crippen LogP contribution in [0.25, 0.3) is 0 Å². The van der Waals surface area contributed by atoms with Gasteiger partial charge in [-0.15, -0.1) is 0 Å². The number of carbonyl (C=O) groups excluding carboxylic acids is 1. The van der Waals surface area contributed by atoms with Crippen LogP contribution in [-0.4, -0.2) is 30.2 Å². The van der Waals surface area contributed by atoms with Gasteiger partial charge >= 0.3 is 6.09 Å². The van der Waals surface area contributed by atoms with E-state index in [0.29, 0.717) is 25.5 Å². The Labute approximate surface area is 91.8 Å². The molecule has 0 heterocycles. The molecule has 0 atom stereocenters. The van der Waals surface area contributed by atoms with Crippen LogP contribution in [0.15, 0.2) is 0 Å². The average molecular weight is 212 g/mol. The van der Waals surface area contributed by atoms with Crippen LogP contribution in [0.1, 0.15) is 34.1 Å². The number of amides is 1. The molecule has 4 nitrogen and oxygen atoms in total. The highest BCUT2D eigenvalue weighted by Crippen LogP contribution is 2.04. The number of nitrogens with zero attached hydrogens (tertiary/aromatic N) is 2. The molecule has 15 heavy (non-hydrogen) atoms. The van der Waals surface area contributed by atoms with Crippen LogP contribution in [-0.2, 0) is 4.74 Å². The Morgan fingerprint density at radius 2 is 2.00 bits per heavy atom. The second-order valence-corrected chi connectivity index (χ2v) is 4.17. The third-order valence-corrected chi connectivity index (χ3v) is 1.86. The molecule has 0 aromatic heterocycles. The summed E-state index contributed by atoms with van der Waals surface area (Å²) in [5.41, 5.74) is 0. The van der Waals surface area contributed by atoms with Gasteiger partial charge in [-0.1, -0.05) is 13.8 Å². The molecule has 0 saturated heterocycles. The maximum absolute atomic E-state index is 11.6. The summed E-state index contributed by atoms with van der Waals surface area (Å²) in [6.45, 7) is 8.66. The van der Waals surface area contributed by atoms with Gasteiger partial charge in [0, 0.05) is 12.6 Å². The first-order valence-electron chi connectivity index (χ1n) is 5.29. The molecule has 0 aliphatic heterocycles. The van der Waals surface area contributed by atoms with Gasteiger partial charge in [0.05, 0.1) is 19.1 Å². The molecule has 0 aliphatic carbocycles. The van der Waals surface area contributed by atoms with Crippen molar-refractivity contribution in [3.63, 3.8) is 0 Å². The van der Waals surface area contributed by atoms with Gasteiger partial charge in [-0.2, -0.15) is 5.26 Å². The molecular weight excluding hydrogens is 192 g/mol. The zero-order valence-corrected chi connectivity index (χ0v) is 9.99. The Morgan fingerprint density at radius 1 is 1.40 bits per heavy atom. The van der Waals surface area contributed by atoms with Crippen molar-refractivity contribution >= 4 is 6.09 Å². The van der Waals surface area contributed by atoms with E-state index in [1.165, 1.54) is 0 Å². The highest BCUT2D eigenvalue weighted by molar-refractivity contribution is 5.67. The van der Waals surface area contributed by atoms with Crippen molar-refractivity contribution in [3.8, 4) is 6.07 Å². The first-order chi connectivity index (χ1) is 6.99. The van der Waals surface area contributed by atoms with Gasteiger partial charge in [-0.05, 0) is 19.8 Å². The smallest absolute Gasteiger partial charge is 0.410 e. The Balaban J connectivity index is 4.12. The Bertz CT molecular complexity index is 231. The predicted molar refractivity (Wildman–Crippen MR) is 58.3 cm³/mol. The van der Waals surface area contributed by atoms with E-state index >= 15 is 0 Å². The van der Waals surface area contributed by atoms with Crippen LogP contribution in [0.4, 0.5) is 4.79 Å². The molecule has 1 amide bonds. The summed E-state index contributed by atoms with van der Waals surface area (Å²) in [6, 6.07) is 2.09. The third-order valence-electron chi connectivity index (χ3n) is 1.86. The van der Waals surface area contributed by atoms with E-state index in [4.69, 9.17) is 10.00 Å². The van der Waals surface area contributed by atoms with E-state index in [1.54, 1.807) is 4.90 Å². The van der Waals surface area contributed by atoms with Gasteiger partial charge in [-0.25, -0.2) is 4.79 Å². The number of nitriles is 1. The predicted octanol–water partition coefficient (Wildman–Crippen LogP) is 2.40. The molecule has 0 saturated carbocycles. The summed E-state index contributed by atoms with van der Waals surface area (Å²) < 4.78 is 5.10. The minimum Gasteiger partial charge on any atom is -0.449 e. The second-order valence-electron chi connectivity index (χ2n) is 4.17. The summed E-state index contributed by atoms with van der Waals surface area (Å²) in [5.74, 6) is 0.332. The highest BCUT2D eigenvalue weighted by atomic mass is 16.6. The second kappa shape index (κ2) is 7.10. The molecule has 0 rings (SSSR count). The van der Waals surface area contributed by atoms with E-state index in [9.17, 15) is 4.79 Å². The fourth-order valence-electron chi connectivity index (χ4n) is 1.05. The highest BCUT2D eigenvalue weighted by Gasteiger charge is 2.17. The summed E-state index contributed by atoms with van der Waals surface area (Å²) in [5, 5.41) is 8.47. The van der Waals surface area contributed by atoms with Crippen LogP contribution in [0, 0.1) is 17.2 Å². The van der Waals surface area contributed by atoms with E-state index in [2.05, 4.69) is 0 Å². The number of hydrogen-bond donors (Lipinski definition) is 0. The van der Waals surface area contributed by atoms with E-state index < -0.39 is 0 Å². The lowest BCUT2D eigenvalue weighted by Crippen LogP contribution is -2.38. The Morgan fingerprint density at radius 3 is 2.40 bits per heavy atom. The molecule has 0 aromatic carbocycles. The van der Waals surface area contributed by atoms with Crippen molar-refractivity contribution in [2.24, 2.45) is 5.92 Å². The van der Waals surface area contributed by atoms with Crippen molar-refractivity contribution in [2.75, 3.05) is 13.2 Å². The zero-order valence-electron chi connectivity index (χ0n) is 9.99. The molecule has 0 unspecified atom stereocenters. The summed E-state index contributed by atoms with van der Waals surface area (Å²) in [7, 11) is 0. The topological polar surface area (TPSA) is 53.3 Å². The first kappa shape index (κ1) is 13.8. The lowest BCUT2D eigenvalue weighted by atomic mass is 10.2. The Kier molecular flexibility index (Phi) is 6.52. The van der Waals surface area contributed by atoms with Crippen LogP contribution in [0.2, 0.25) is 0 Å². The normalized spacial score (nSPS) is 10.2. The first-order valence-corrected chi connectivity index (χ1v) is 5.29. The van der Waals surface area contributed by atoms with Crippen molar-refractivity contribution in [1.29, 1.82) is 5.26 Å². The molecule has 4 heteroatoms. The SMILES string of the molecule is CC(C)COC(=O)N(CCC#N)C(C)C. The van der Waals surface area contributed by atoms with E-state index in [1.807, 2.05) is 33.8 Å². The molecule has 0 N–H and O–H groups in total. The fraction of sp³-hybridized carbons (Fsp3) is 0.818. The lowest BCUT2D eigenvalue weighted by Gasteiger charge is -2.25.